The summed E-state index contributed by atoms with van der Waals surface area (Å²) in [7, 11) is 0. The molecule has 9 heteroatoms. The van der Waals surface area contributed by atoms with Crippen LogP contribution in [0.4, 0.5) is 5.69 Å². The van der Waals surface area contributed by atoms with E-state index in [1.807, 2.05) is 35.7 Å². The molecule has 1 aliphatic rings. The van der Waals surface area contributed by atoms with E-state index in [0.717, 1.165) is 34.3 Å². The number of hydrogen-bond acceptors (Lipinski definition) is 6. The van der Waals surface area contributed by atoms with Crippen LogP contribution < -0.4 is 4.80 Å². The number of furan rings is 1. The third kappa shape index (κ3) is 4.62. The summed E-state index contributed by atoms with van der Waals surface area (Å²) >= 11 is 7.46. The van der Waals surface area contributed by atoms with Gasteiger partial charge in [-0.25, -0.2) is 4.68 Å². The molecule has 2 aromatic carbocycles. The number of thiazole rings is 1. The second-order valence-corrected chi connectivity index (χ2v) is 9.24. The number of para-hydroxylation sites is 1. The van der Waals surface area contributed by atoms with Crippen molar-refractivity contribution in [3.63, 3.8) is 0 Å². The van der Waals surface area contributed by atoms with Crippen LogP contribution in [0.15, 0.2) is 68.4 Å². The molecule has 0 radical (unpaired) electrons. The van der Waals surface area contributed by atoms with Gasteiger partial charge in [-0.1, -0.05) is 55.1 Å². The zero-order chi connectivity index (χ0) is 22.8. The molecule has 168 valence electrons. The van der Waals surface area contributed by atoms with Crippen molar-refractivity contribution in [1.82, 2.24) is 4.68 Å². The van der Waals surface area contributed by atoms with Crippen molar-refractivity contribution in [2.24, 2.45) is 10.1 Å². The molecule has 1 fully saturated rings. The van der Waals surface area contributed by atoms with Crippen molar-refractivity contribution in [3.8, 4) is 11.5 Å². The normalized spacial score (nSPS) is 15.6. The van der Waals surface area contributed by atoms with Crippen LogP contribution in [-0.4, -0.2) is 21.9 Å². The van der Waals surface area contributed by atoms with Gasteiger partial charge in [0, 0.05) is 22.4 Å². The molecule has 2 heterocycles. The van der Waals surface area contributed by atoms with Gasteiger partial charge >= 0.3 is 0 Å². The summed E-state index contributed by atoms with van der Waals surface area (Å²) in [6.45, 7) is 0. The first-order valence-corrected chi connectivity index (χ1v) is 12.1. The average Bonchev–Trinajstić information content (AvgIpc) is 3.42. The zero-order valence-corrected chi connectivity index (χ0v) is 19.3. The maximum atomic E-state index is 11.3. The SMILES string of the molecule is O=[N+]([O-])c1cc(C=Nn2c(-c3cc4ccccc4o3)csc2=NC2CCCCC2)ccc1Cl. The Morgan fingerprint density at radius 2 is 1.97 bits per heavy atom. The van der Waals surface area contributed by atoms with Gasteiger partial charge in [0.15, 0.2) is 5.76 Å². The Balaban J connectivity index is 1.59. The highest BCUT2D eigenvalue weighted by Gasteiger charge is 2.16. The maximum absolute atomic E-state index is 11.3. The molecule has 0 atom stereocenters. The molecular formula is C24H21ClN4O3S. The minimum Gasteiger partial charge on any atom is -0.454 e. The molecule has 5 rings (SSSR count). The van der Waals surface area contributed by atoms with Crippen molar-refractivity contribution in [1.29, 1.82) is 0 Å². The molecule has 1 aliphatic carbocycles. The van der Waals surface area contributed by atoms with Gasteiger partial charge < -0.3 is 4.42 Å². The predicted octanol–water partition coefficient (Wildman–Crippen LogP) is 6.64. The van der Waals surface area contributed by atoms with Gasteiger partial charge in [-0.3, -0.25) is 15.1 Å². The molecule has 0 amide bonds. The lowest BCUT2D eigenvalue weighted by molar-refractivity contribution is -0.384. The van der Waals surface area contributed by atoms with Crippen LogP contribution in [0.3, 0.4) is 0 Å². The lowest BCUT2D eigenvalue weighted by Gasteiger charge is -2.16. The minimum absolute atomic E-state index is 0.0938. The van der Waals surface area contributed by atoms with Gasteiger partial charge in [-0.15, -0.1) is 11.3 Å². The van der Waals surface area contributed by atoms with E-state index >= 15 is 0 Å². The fourth-order valence-electron chi connectivity index (χ4n) is 4.02. The van der Waals surface area contributed by atoms with E-state index in [0.29, 0.717) is 11.3 Å². The molecule has 33 heavy (non-hydrogen) atoms. The maximum Gasteiger partial charge on any atom is 0.288 e. The Morgan fingerprint density at radius 1 is 1.15 bits per heavy atom. The van der Waals surface area contributed by atoms with Crippen molar-refractivity contribution in [2.75, 3.05) is 0 Å². The van der Waals surface area contributed by atoms with E-state index in [9.17, 15) is 10.1 Å². The second kappa shape index (κ2) is 9.33. The van der Waals surface area contributed by atoms with Crippen LogP contribution in [0, 0.1) is 10.1 Å². The zero-order valence-electron chi connectivity index (χ0n) is 17.7. The highest BCUT2D eigenvalue weighted by atomic mass is 35.5. The van der Waals surface area contributed by atoms with E-state index in [1.54, 1.807) is 17.0 Å². The summed E-state index contributed by atoms with van der Waals surface area (Å²) in [5, 5.41) is 19.0. The van der Waals surface area contributed by atoms with Crippen LogP contribution in [0.2, 0.25) is 5.02 Å². The number of halogens is 1. The number of aromatic nitrogens is 1. The topological polar surface area (TPSA) is 85.9 Å². The van der Waals surface area contributed by atoms with Crippen LogP contribution in [0.5, 0.6) is 0 Å². The lowest BCUT2D eigenvalue weighted by Crippen LogP contribution is -2.18. The number of nitrogens with zero attached hydrogens (tertiary/aromatic N) is 4. The Bertz CT molecular complexity index is 1380. The predicted molar refractivity (Wildman–Crippen MR) is 131 cm³/mol. The smallest absolute Gasteiger partial charge is 0.288 e. The van der Waals surface area contributed by atoms with Gasteiger partial charge in [-0.05, 0) is 31.0 Å². The number of hydrogen-bond donors (Lipinski definition) is 0. The quantitative estimate of drug-likeness (QED) is 0.182. The number of benzene rings is 2. The van der Waals surface area contributed by atoms with Crippen LogP contribution >= 0.6 is 22.9 Å². The standard InChI is InChI=1S/C24H21ClN4O3S/c25-19-11-10-16(12-20(19)29(30)31)14-26-28-21(23-13-17-6-4-5-9-22(17)32-23)15-33-24(28)27-18-7-2-1-3-8-18/h4-6,9-15,18H,1-3,7-8H2. The second-order valence-electron chi connectivity index (χ2n) is 8.00. The molecule has 0 aliphatic heterocycles. The Hall–Kier alpha value is -3.23. The molecule has 2 aromatic heterocycles. The van der Waals surface area contributed by atoms with Crippen molar-refractivity contribution in [2.45, 2.75) is 38.1 Å². The van der Waals surface area contributed by atoms with E-state index in [4.69, 9.17) is 21.0 Å². The van der Waals surface area contributed by atoms with Gasteiger partial charge in [0.2, 0.25) is 4.80 Å². The molecule has 7 nitrogen and oxygen atoms in total. The first-order chi connectivity index (χ1) is 16.1. The summed E-state index contributed by atoms with van der Waals surface area (Å²) in [6, 6.07) is 14.7. The summed E-state index contributed by atoms with van der Waals surface area (Å²) in [6.07, 6.45) is 7.37. The third-order valence-electron chi connectivity index (χ3n) is 5.72. The molecule has 4 aromatic rings. The Labute approximate surface area is 198 Å². The average molecular weight is 481 g/mol. The lowest BCUT2D eigenvalue weighted by atomic mass is 9.96. The minimum atomic E-state index is -0.499. The number of nitro groups is 1. The molecule has 0 unspecified atom stereocenters. The van der Waals surface area contributed by atoms with Gasteiger partial charge in [-0.2, -0.15) is 5.10 Å². The fourth-order valence-corrected chi connectivity index (χ4v) is 5.09. The summed E-state index contributed by atoms with van der Waals surface area (Å²) in [5.41, 5.74) is 2.00. The first kappa shape index (κ1) is 21.6. The molecule has 0 saturated heterocycles. The molecular weight excluding hydrogens is 460 g/mol. The summed E-state index contributed by atoms with van der Waals surface area (Å²) < 4.78 is 7.84. The van der Waals surface area contributed by atoms with Crippen molar-refractivity contribution < 1.29 is 9.34 Å². The summed E-state index contributed by atoms with van der Waals surface area (Å²) in [5.74, 6) is 0.691. The van der Waals surface area contributed by atoms with Gasteiger partial charge in [0.25, 0.3) is 5.69 Å². The largest absolute Gasteiger partial charge is 0.454 e. The van der Waals surface area contributed by atoms with Gasteiger partial charge in [0.1, 0.15) is 16.3 Å². The van der Waals surface area contributed by atoms with Gasteiger partial charge in [0.05, 0.1) is 17.2 Å². The Kier molecular flexibility index (Phi) is 6.11. The molecule has 0 spiro atoms. The van der Waals surface area contributed by atoms with E-state index < -0.39 is 4.92 Å². The fraction of sp³-hybridized carbons (Fsp3) is 0.250. The number of nitro benzene ring substituents is 1. The molecule has 1 saturated carbocycles. The number of rotatable bonds is 5. The number of fused-ring (bicyclic) bond motifs is 1. The van der Waals surface area contributed by atoms with Crippen molar-refractivity contribution in [3.05, 3.63) is 79.4 Å². The van der Waals surface area contributed by atoms with E-state index in [2.05, 4.69) is 5.10 Å². The molecule has 0 bridgehead atoms. The highest BCUT2D eigenvalue weighted by molar-refractivity contribution is 7.07. The van der Waals surface area contributed by atoms with Crippen molar-refractivity contribution >= 4 is 45.8 Å². The first-order valence-electron chi connectivity index (χ1n) is 10.8. The third-order valence-corrected chi connectivity index (χ3v) is 6.87. The highest BCUT2D eigenvalue weighted by Crippen LogP contribution is 2.29. The van der Waals surface area contributed by atoms with Crippen LogP contribution in [-0.2, 0) is 0 Å². The Morgan fingerprint density at radius 3 is 2.76 bits per heavy atom. The molecule has 0 N–H and O–H groups in total. The van der Waals surface area contributed by atoms with E-state index in [1.165, 1.54) is 42.7 Å². The monoisotopic (exact) mass is 480 g/mol. The van der Waals surface area contributed by atoms with Crippen LogP contribution in [0.25, 0.3) is 22.4 Å². The van der Waals surface area contributed by atoms with E-state index in [-0.39, 0.29) is 16.8 Å². The summed E-state index contributed by atoms with van der Waals surface area (Å²) in [4.78, 5) is 16.5. The van der Waals surface area contributed by atoms with Crippen LogP contribution in [0.1, 0.15) is 37.7 Å².